The van der Waals surface area contributed by atoms with E-state index in [9.17, 15) is 18.0 Å². The van der Waals surface area contributed by atoms with Gasteiger partial charge in [-0.25, -0.2) is 23.9 Å². The fraction of sp³-hybridized carbons (Fsp3) is 0.486. The number of piperazine rings is 1. The molecular weight excluding hydrogens is 725 g/mol. The van der Waals surface area contributed by atoms with E-state index in [4.69, 9.17) is 26.1 Å². The van der Waals surface area contributed by atoms with Crippen molar-refractivity contribution in [3.05, 3.63) is 64.1 Å². The maximum absolute atomic E-state index is 15.3. The first-order valence-electron chi connectivity index (χ1n) is 17.4. The van der Waals surface area contributed by atoms with E-state index in [1.54, 1.807) is 65.5 Å². The Balaban J connectivity index is 1.69. The van der Waals surface area contributed by atoms with Crippen molar-refractivity contribution in [1.82, 2.24) is 19.8 Å². The van der Waals surface area contributed by atoms with Gasteiger partial charge in [-0.2, -0.15) is 12.7 Å². The van der Waals surface area contributed by atoms with Crippen molar-refractivity contribution < 1.29 is 31.9 Å². The molecule has 1 N–H and O–H groups in total. The molecule has 2 aliphatic heterocycles. The minimum Gasteiger partial charge on any atom is -0.444 e. The van der Waals surface area contributed by atoms with Gasteiger partial charge in [-0.05, 0) is 98.1 Å². The number of ether oxygens (including phenoxy) is 2. The Morgan fingerprint density at radius 1 is 0.962 bits per heavy atom. The fourth-order valence-corrected chi connectivity index (χ4v) is 7.79. The molecular formula is C37H47ClFN7O6S. The second kappa shape index (κ2) is 14.4. The van der Waals surface area contributed by atoms with Crippen molar-refractivity contribution >= 4 is 57.2 Å². The van der Waals surface area contributed by atoms with E-state index >= 15 is 4.39 Å². The van der Waals surface area contributed by atoms with Crippen LogP contribution < -0.4 is 9.62 Å². The second-order valence-corrected chi connectivity index (χ2v) is 17.5. The lowest BCUT2D eigenvalue weighted by Crippen LogP contribution is -2.60. The molecule has 16 heteroatoms. The summed E-state index contributed by atoms with van der Waals surface area (Å²) in [4.78, 5) is 38.7. The molecule has 0 unspecified atom stereocenters. The third kappa shape index (κ3) is 8.51. The Morgan fingerprint density at radius 3 is 2.21 bits per heavy atom. The number of nitrogens with zero attached hydrogens (tertiary/aromatic N) is 6. The lowest BCUT2D eigenvalue weighted by atomic mass is 10.0. The minimum atomic E-state index is -4.62. The van der Waals surface area contributed by atoms with E-state index in [1.807, 2.05) is 32.6 Å². The Morgan fingerprint density at radius 2 is 1.60 bits per heavy atom. The number of hydrogen-bond acceptors (Lipinski definition) is 9. The molecule has 2 aliphatic rings. The van der Waals surface area contributed by atoms with Crippen molar-refractivity contribution in [3.63, 3.8) is 0 Å². The quantitative estimate of drug-likeness (QED) is 0.277. The summed E-state index contributed by atoms with van der Waals surface area (Å²) in [6.07, 6.45) is -1.20. The smallest absolute Gasteiger partial charge is 0.413 e. The number of anilines is 3. The standard InChI is InChI=1S/C37H47ClFN7O6S/c1-20(2)29-31(21(3)16-28(40-29)41-34(47)51-36(6,7)8)46-32-25(17-26(38)30(42-32)24-14-12-13-15-27(24)39)33(43-53(46,49)50)44-18-23(5)45(19-22(44)4)35(48)52-37(9,10)11/h12-17,20,22-23H,18-19H2,1-11H3,(H,40,41,47)/t22-,23+/m0/s1. The normalized spacial score (nSPS) is 18.8. The zero-order valence-corrected chi connectivity index (χ0v) is 33.5. The first-order chi connectivity index (χ1) is 24.5. The first kappa shape index (κ1) is 39.7. The molecule has 1 fully saturated rings. The number of pyridine rings is 2. The summed E-state index contributed by atoms with van der Waals surface area (Å²) in [5, 5.41) is 2.72. The highest BCUT2D eigenvalue weighted by molar-refractivity contribution is 7.92. The molecule has 0 spiro atoms. The lowest BCUT2D eigenvalue weighted by Gasteiger charge is -2.46. The number of benzene rings is 1. The van der Waals surface area contributed by atoms with E-state index in [-0.39, 0.29) is 64.0 Å². The molecule has 2 atom stereocenters. The Bertz CT molecular complexity index is 2080. The zero-order chi connectivity index (χ0) is 39.4. The van der Waals surface area contributed by atoms with Crippen LogP contribution in [0.25, 0.3) is 11.3 Å². The average Bonchev–Trinajstić information content (AvgIpc) is 3.00. The number of rotatable bonds is 4. The number of amides is 2. The van der Waals surface area contributed by atoms with Gasteiger partial charge in [0.15, 0.2) is 11.7 Å². The van der Waals surface area contributed by atoms with Gasteiger partial charge in [0.25, 0.3) is 0 Å². The maximum atomic E-state index is 15.3. The highest BCUT2D eigenvalue weighted by Crippen LogP contribution is 2.44. The van der Waals surface area contributed by atoms with Crippen molar-refractivity contribution in [2.24, 2.45) is 4.40 Å². The lowest BCUT2D eigenvalue weighted by molar-refractivity contribution is 0.000492. The van der Waals surface area contributed by atoms with Gasteiger partial charge >= 0.3 is 22.4 Å². The van der Waals surface area contributed by atoms with Crippen LogP contribution in [0.3, 0.4) is 0 Å². The molecule has 4 heterocycles. The van der Waals surface area contributed by atoms with Gasteiger partial charge in [0.1, 0.15) is 22.8 Å². The van der Waals surface area contributed by atoms with Gasteiger partial charge in [-0.15, -0.1) is 4.40 Å². The maximum Gasteiger partial charge on any atom is 0.413 e. The molecule has 5 rings (SSSR count). The number of amidine groups is 1. The number of nitrogens with one attached hydrogen (secondary N) is 1. The molecule has 53 heavy (non-hydrogen) atoms. The molecule has 0 radical (unpaired) electrons. The summed E-state index contributed by atoms with van der Waals surface area (Å²) in [7, 11) is -4.62. The first-order valence-corrected chi connectivity index (χ1v) is 19.1. The van der Waals surface area contributed by atoms with Gasteiger partial charge in [0.2, 0.25) is 0 Å². The number of halogens is 2. The van der Waals surface area contributed by atoms with E-state index in [0.29, 0.717) is 11.3 Å². The van der Waals surface area contributed by atoms with Crippen molar-refractivity contribution in [3.8, 4) is 11.3 Å². The van der Waals surface area contributed by atoms with Gasteiger partial charge in [-0.1, -0.05) is 37.6 Å². The van der Waals surface area contributed by atoms with Crippen LogP contribution in [0.1, 0.15) is 92.0 Å². The predicted octanol–water partition coefficient (Wildman–Crippen LogP) is 8.19. The summed E-state index contributed by atoms with van der Waals surface area (Å²) >= 11 is 6.85. The molecule has 0 aliphatic carbocycles. The molecule has 13 nitrogen and oxygen atoms in total. The summed E-state index contributed by atoms with van der Waals surface area (Å²) < 4.78 is 60.9. The predicted molar refractivity (Wildman–Crippen MR) is 204 cm³/mol. The summed E-state index contributed by atoms with van der Waals surface area (Å²) in [6.45, 7) is 20.1. The molecule has 1 aromatic carbocycles. The Kier molecular flexibility index (Phi) is 10.8. The van der Waals surface area contributed by atoms with Gasteiger partial charge in [-0.3, -0.25) is 5.32 Å². The van der Waals surface area contributed by atoms with Crippen LogP contribution in [-0.2, 0) is 19.7 Å². The Hall–Kier alpha value is -4.50. The van der Waals surface area contributed by atoms with Gasteiger partial charge in [0.05, 0.1) is 27.7 Å². The summed E-state index contributed by atoms with van der Waals surface area (Å²) in [6, 6.07) is 8.21. The number of aryl methyl sites for hydroxylation is 1. The molecule has 3 aromatic rings. The van der Waals surface area contributed by atoms with Crippen LogP contribution in [0.5, 0.6) is 0 Å². The van der Waals surface area contributed by atoms with Crippen molar-refractivity contribution in [1.29, 1.82) is 0 Å². The SMILES string of the molecule is Cc1cc(NC(=O)OC(C)(C)C)nc(C(C)C)c1N1c2nc(-c3ccccc3F)c(Cl)cc2C(N2C[C@@H](C)N(C(=O)OC(C)(C)C)C[C@@H]2C)=NS1(=O)=O. The van der Waals surface area contributed by atoms with E-state index in [2.05, 4.69) is 14.7 Å². The van der Waals surface area contributed by atoms with Crippen molar-refractivity contribution in [2.45, 2.75) is 105 Å². The van der Waals surface area contributed by atoms with Crippen LogP contribution in [0.2, 0.25) is 5.02 Å². The second-order valence-electron chi connectivity index (χ2n) is 15.6. The third-order valence-electron chi connectivity index (χ3n) is 8.43. The monoisotopic (exact) mass is 771 g/mol. The van der Waals surface area contributed by atoms with Gasteiger partial charge < -0.3 is 19.3 Å². The number of fused-ring (bicyclic) bond motifs is 1. The third-order valence-corrected chi connectivity index (χ3v) is 9.93. The minimum absolute atomic E-state index is 0.0287. The van der Waals surface area contributed by atoms with E-state index in [0.717, 1.165) is 4.31 Å². The van der Waals surface area contributed by atoms with E-state index in [1.165, 1.54) is 24.3 Å². The zero-order valence-electron chi connectivity index (χ0n) is 31.9. The molecule has 0 bridgehead atoms. The highest BCUT2D eigenvalue weighted by atomic mass is 35.5. The topological polar surface area (TPSA) is 147 Å². The Labute approximate surface area is 315 Å². The molecule has 286 valence electrons. The number of aromatic nitrogens is 2. The van der Waals surface area contributed by atoms with Gasteiger partial charge in [0, 0.05) is 30.7 Å². The number of carbonyl (C=O) groups is 2. The van der Waals surface area contributed by atoms with Crippen LogP contribution >= 0.6 is 11.6 Å². The number of carbonyl (C=O) groups excluding carboxylic acids is 2. The molecule has 1 saturated heterocycles. The summed E-state index contributed by atoms with van der Waals surface area (Å²) in [5.41, 5.74) is -0.162. The molecule has 0 saturated carbocycles. The van der Waals surface area contributed by atoms with E-state index < -0.39 is 51.5 Å². The highest BCUT2D eigenvalue weighted by Gasteiger charge is 2.43. The number of hydrogen-bond donors (Lipinski definition) is 1. The van der Waals surface area contributed by atoms with Crippen LogP contribution in [0.4, 0.5) is 31.3 Å². The molecule has 2 amide bonds. The fourth-order valence-electron chi connectivity index (χ4n) is 6.20. The summed E-state index contributed by atoms with van der Waals surface area (Å²) in [5.74, 6) is -0.779. The molecule has 2 aromatic heterocycles. The van der Waals surface area contributed by atoms with Crippen LogP contribution in [0, 0.1) is 12.7 Å². The van der Waals surface area contributed by atoms with Crippen LogP contribution in [0.15, 0.2) is 40.8 Å². The van der Waals surface area contributed by atoms with Crippen molar-refractivity contribution in [2.75, 3.05) is 22.7 Å². The largest absolute Gasteiger partial charge is 0.444 e. The average molecular weight is 772 g/mol. The van der Waals surface area contributed by atoms with Crippen LogP contribution in [-0.4, -0.2) is 82.6 Å².